The fraction of sp³-hybridized carbons (Fsp3) is 0.333. The van der Waals surface area contributed by atoms with E-state index in [-0.39, 0.29) is 43.5 Å². The van der Waals surface area contributed by atoms with Gasteiger partial charge >= 0.3 is 12.1 Å². The summed E-state index contributed by atoms with van der Waals surface area (Å²) in [6, 6.07) is 4.36. The Bertz CT molecular complexity index is 1220. The molecule has 3 heterocycles. The van der Waals surface area contributed by atoms with Crippen LogP contribution in [0.15, 0.2) is 36.9 Å². The van der Waals surface area contributed by atoms with Gasteiger partial charge in [0.15, 0.2) is 5.69 Å². The lowest BCUT2D eigenvalue weighted by atomic mass is 10.2. The molecule has 0 bridgehead atoms. The zero-order valence-corrected chi connectivity index (χ0v) is 18.5. The molecule has 1 aliphatic rings. The van der Waals surface area contributed by atoms with Crippen molar-refractivity contribution in [2.24, 2.45) is 0 Å². The predicted octanol–water partition coefficient (Wildman–Crippen LogP) is 1.29. The average molecular weight is 471 g/mol. The second-order valence-corrected chi connectivity index (χ2v) is 7.48. The summed E-state index contributed by atoms with van der Waals surface area (Å²) in [7, 11) is 0. The fourth-order valence-electron chi connectivity index (χ4n) is 3.39. The van der Waals surface area contributed by atoms with Crippen molar-refractivity contribution in [2.75, 3.05) is 24.6 Å². The number of imidazole rings is 1. The van der Waals surface area contributed by atoms with Gasteiger partial charge in [0.05, 0.1) is 55.8 Å². The van der Waals surface area contributed by atoms with Crippen LogP contribution in [0.5, 0.6) is 0 Å². The molecule has 1 saturated heterocycles. The van der Waals surface area contributed by atoms with Gasteiger partial charge in [-0.1, -0.05) is 5.21 Å². The highest BCUT2D eigenvalue weighted by Crippen LogP contribution is 2.25. The molecule has 2 amide bonds. The van der Waals surface area contributed by atoms with Crippen molar-refractivity contribution in [2.45, 2.75) is 26.5 Å². The van der Waals surface area contributed by atoms with Crippen molar-refractivity contribution in [3.8, 4) is 5.69 Å². The van der Waals surface area contributed by atoms with Crippen LogP contribution in [0.2, 0.25) is 0 Å². The number of esters is 1. The molecule has 13 heteroatoms. The molecule has 1 fully saturated rings. The number of hydrogen-bond acceptors (Lipinski definition) is 8. The second-order valence-electron chi connectivity index (χ2n) is 7.48. The largest absolute Gasteiger partial charge is 0.461 e. The van der Waals surface area contributed by atoms with E-state index in [2.05, 4.69) is 20.6 Å². The third-order valence-electron chi connectivity index (χ3n) is 4.96. The summed E-state index contributed by atoms with van der Waals surface area (Å²) in [5.41, 5.74) is 1.22. The molecule has 1 aromatic carbocycles. The molecule has 34 heavy (non-hydrogen) atoms. The number of cyclic esters (lactones) is 1. The zero-order valence-electron chi connectivity index (χ0n) is 18.5. The van der Waals surface area contributed by atoms with Gasteiger partial charge in [0.25, 0.3) is 0 Å². The van der Waals surface area contributed by atoms with E-state index >= 15 is 0 Å². The number of hydrogen-bond donors (Lipinski definition) is 1. The summed E-state index contributed by atoms with van der Waals surface area (Å²) >= 11 is 0. The lowest BCUT2D eigenvalue weighted by Crippen LogP contribution is -2.33. The molecule has 12 nitrogen and oxygen atoms in total. The highest BCUT2D eigenvalue weighted by Gasteiger charge is 2.32. The van der Waals surface area contributed by atoms with Crippen LogP contribution in [0.4, 0.5) is 14.9 Å². The molecule has 3 aromatic rings. The first-order valence-corrected chi connectivity index (χ1v) is 10.5. The van der Waals surface area contributed by atoms with Gasteiger partial charge in [0.2, 0.25) is 5.91 Å². The Hall–Kier alpha value is -4.29. The number of carbonyl (C=O) groups is 3. The maximum absolute atomic E-state index is 14.9. The van der Waals surface area contributed by atoms with Crippen LogP contribution >= 0.6 is 0 Å². The summed E-state index contributed by atoms with van der Waals surface area (Å²) < 4.78 is 27.9. The minimum absolute atomic E-state index is 0.0858. The van der Waals surface area contributed by atoms with Crippen LogP contribution < -0.4 is 10.2 Å². The van der Waals surface area contributed by atoms with E-state index < -0.39 is 24.0 Å². The molecule has 0 spiro atoms. The number of nitrogens with zero attached hydrogens (tertiary/aromatic N) is 6. The zero-order chi connectivity index (χ0) is 24.2. The Morgan fingerprint density at radius 2 is 2.15 bits per heavy atom. The first-order valence-electron chi connectivity index (χ1n) is 10.5. The normalized spacial score (nSPS) is 15.3. The Kier molecular flexibility index (Phi) is 6.52. The van der Waals surface area contributed by atoms with Crippen LogP contribution in [0.1, 0.15) is 30.0 Å². The number of halogens is 1. The van der Waals surface area contributed by atoms with E-state index in [0.717, 1.165) is 0 Å². The van der Waals surface area contributed by atoms with Crippen LogP contribution in [0.25, 0.3) is 5.69 Å². The van der Waals surface area contributed by atoms with E-state index in [0.29, 0.717) is 11.4 Å². The van der Waals surface area contributed by atoms with Gasteiger partial charge in [-0.05, 0) is 25.1 Å². The number of amides is 2. The minimum Gasteiger partial charge on any atom is -0.461 e. The number of benzene rings is 1. The molecule has 178 valence electrons. The molecular weight excluding hydrogens is 449 g/mol. The molecule has 0 radical (unpaired) electrons. The molecule has 1 atom stereocenters. The molecular formula is C21H22FN7O5. The first kappa shape index (κ1) is 22.9. The average Bonchev–Trinajstić information content (AvgIpc) is 3.53. The van der Waals surface area contributed by atoms with Crippen LogP contribution in [-0.2, 0) is 20.8 Å². The highest BCUT2D eigenvalue weighted by molar-refractivity contribution is 5.90. The predicted molar refractivity (Wildman–Crippen MR) is 115 cm³/mol. The van der Waals surface area contributed by atoms with Gasteiger partial charge in [-0.2, -0.15) is 0 Å². The third kappa shape index (κ3) is 5.03. The van der Waals surface area contributed by atoms with Crippen LogP contribution in [0, 0.1) is 5.82 Å². The van der Waals surface area contributed by atoms with Crippen molar-refractivity contribution in [3.63, 3.8) is 0 Å². The lowest BCUT2D eigenvalue weighted by Gasteiger charge is -2.14. The number of rotatable bonds is 8. The number of ether oxygens (including phenoxy) is 2. The molecule has 0 aliphatic carbocycles. The van der Waals surface area contributed by atoms with Crippen molar-refractivity contribution in [1.29, 1.82) is 0 Å². The lowest BCUT2D eigenvalue weighted by molar-refractivity contribution is -0.119. The topological polar surface area (TPSA) is 133 Å². The van der Waals surface area contributed by atoms with E-state index in [9.17, 15) is 18.8 Å². The van der Waals surface area contributed by atoms with Gasteiger partial charge < -0.3 is 19.4 Å². The number of nitrogens with one attached hydrogen (secondary N) is 1. The van der Waals surface area contributed by atoms with Crippen molar-refractivity contribution >= 4 is 23.7 Å². The molecule has 1 aliphatic heterocycles. The summed E-state index contributed by atoms with van der Waals surface area (Å²) in [5, 5.41) is 10.2. The van der Waals surface area contributed by atoms with Gasteiger partial charge in [-0.3, -0.25) is 9.69 Å². The Labute approximate surface area is 193 Å². The van der Waals surface area contributed by atoms with Crippen molar-refractivity contribution in [1.82, 2.24) is 29.9 Å². The van der Waals surface area contributed by atoms with Gasteiger partial charge in [0, 0.05) is 13.1 Å². The molecule has 1 unspecified atom stereocenters. The van der Waals surface area contributed by atoms with Crippen molar-refractivity contribution < 1.29 is 28.2 Å². The summed E-state index contributed by atoms with van der Waals surface area (Å²) in [5.74, 6) is -1.36. The first-order chi connectivity index (χ1) is 16.3. The van der Waals surface area contributed by atoms with Gasteiger partial charge in [-0.15, -0.1) is 5.10 Å². The van der Waals surface area contributed by atoms with Crippen molar-refractivity contribution in [3.05, 3.63) is 54.1 Å². The Morgan fingerprint density at radius 1 is 1.32 bits per heavy atom. The number of anilines is 1. The third-order valence-corrected chi connectivity index (χ3v) is 4.96. The quantitative estimate of drug-likeness (QED) is 0.486. The Balaban J connectivity index is 1.43. The minimum atomic E-state index is -0.609. The SMILES string of the molecule is CCOC(=O)c1cn(Cc2cn(-c3ccc(N4CC(CNC(C)=O)OC4=O)cc3F)cn2)nn1. The number of aromatic nitrogens is 5. The molecule has 0 saturated carbocycles. The second kappa shape index (κ2) is 9.68. The van der Waals surface area contributed by atoms with Gasteiger partial charge in [0.1, 0.15) is 11.9 Å². The van der Waals surface area contributed by atoms with E-state index in [1.165, 1.54) is 45.7 Å². The molecule has 2 aromatic heterocycles. The maximum Gasteiger partial charge on any atom is 0.414 e. The standard InChI is InChI=1S/C21H22FN7O5/c1-3-33-20(31)18-11-28(26-25-18)9-14-8-27(12-24-14)19-5-4-15(6-17(19)22)29-10-16(34-21(29)32)7-23-13(2)30/h4-6,8,11-12,16H,3,7,9-10H2,1-2H3,(H,23,30). The summed E-state index contributed by atoms with van der Waals surface area (Å²) in [4.78, 5) is 40.5. The van der Waals surface area contributed by atoms with E-state index in [1.54, 1.807) is 19.2 Å². The maximum atomic E-state index is 14.9. The Morgan fingerprint density at radius 3 is 2.88 bits per heavy atom. The fourth-order valence-corrected chi connectivity index (χ4v) is 3.39. The highest BCUT2D eigenvalue weighted by atomic mass is 19.1. The van der Waals surface area contributed by atoms with Crippen LogP contribution in [-0.4, -0.2) is 68.3 Å². The monoisotopic (exact) mass is 471 g/mol. The number of carbonyl (C=O) groups excluding carboxylic acids is 3. The van der Waals surface area contributed by atoms with Crippen LogP contribution in [0.3, 0.4) is 0 Å². The molecule has 1 N–H and O–H groups in total. The van der Waals surface area contributed by atoms with E-state index in [4.69, 9.17) is 9.47 Å². The van der Waals surface area contributed by atoms with E-state index in [1.807, 2.05) is 0 Å². The smallest absolute Gasteiger partial charge is 0.414 e. The summed E-state index contributed by atoms with van der Waals surface area (Å²) in [6.07, 6.45) is 3.39. The summed E-state index contributed by atoms with van der Waals surface area (Å²) in [6.45, 7) is 3.90. The van der Waals surface area contributed by atoms with Gasteiger partial charge in [-0.25, -0.2) is 23.6 Å². The molecule has 4 rings (SSSR count).